The van der Waals surface area contributed by atoms with E-state index in [1.807, 2.05) is 6.92 Å². The highest BCUT2D eigenvalue weighted by molar-refractivity contribution is 5.56. The Hall–Kier alpha value is -1.95. The van der Waals surface area contributed by atoms with Crippen molar-refractivity contribution >= 4 is 0 Å². The van der Waals surface area contributed by atoms with E-state index in [9.17, 15) is 13.2 Å². The van der Waals surface area contributed by atoms with Crippen LogP contribution in [0.2, 0.25) is 0 Å². The number of hydrogen-bond acceptors (Lipinski definition) is 3. The van der Waals surface area contributed by atoms with Crippen LogP contribution in [-0.2, 0) is 6.18 Å². The van der Waals surface area contributed by atoms with Gasteiger partial charge in [0.2, 0.25) is 0 Å². The van der Waals surface area contributed by atoms with Gasteiger partial charge in [0, 0.05) is 29.3 Å². The van der Waals surface area contributed by atoms with Gasteiger partial charge in [-0.1, -0.05) is 12.1 Å². The van der Waals surface area contributed by atoms with E-state index in [0.717, 1.165) is 36.2 Å². The van der Waals surface area contributed by atoms with Gasteiger partial charge in [0.15, 0.2) is 5.82 Å². The first kappa shape index (κ1) is 15.0. The van der Waals surface area contributed by atoms with E-state index < -0.39 is 11.7 Å². The summed E-state index contributed by atoms with van der Waals surface area (Å²) in [7, 11) is 0. The van der Waals surface area contributed by atoms with Gasteiger partial charge in [-0.15, -0.1) is 0 Å². The average Bonchev–Trinajstić information content (AvgIpc) is 3.30. The fraction of sp³-hybridized carbons (Fsp3) is 0.375. The number of rotatable bonds is 3. The van der Waals surface area contributed by atoms with E-state index in [4.69, 9.17) is 5.73 Å². The van der Waals surface area contributed by atoms with Crippen molar-refractivity contribution in [3.8, 4) is 11.4 Å². The topological polar surface area (TPSA) is 51.8 Å². The minimum absolute atomic E-state index is 0.155. The van der Waals surface area contributed by atoms with Gasteiger partial charge in [0.25, 0.3) is 0 Å². The Morgan fingerprint density at radius 1 is 1.18 bits per heavy atom. The summed E-state index contributed by atoms with van der Waals surface area (Å²) in [6.45, 7) is 1.88. The van der Waals surface area contributed by atoms with Gasteiger partial charge in [-0.3, -0.25) is 0 Å². The maximum Gasteiger partial charge on any atom is 0.416 e. The maximum atomic E-state index is 12.6. The highest BCUT2D eigenvalue weighted by Gasteiger charge is 2.31. The van der Waals surface area contributed by atoms with Crippen LogP contribution in [0.3, 0.4) is 0 Å². The molecular weight excluding hydrogens is 291 g/mol. The van der Waals surface area contributed by atoms with Gasteiger partial charge in [0.05, 0.1) is 11.3 Å². The van der Waals surface area contributed by atoms with Crippen LogP contribution in [0.4, 0.5) is 13.2 Å². The fourth-order valence-corrected chi connectivity index (χ4v) is 2.39. The molecule has 2 N–H and O–H groups in total. The number of alkyl halides is 3. The number of aromatic nitrogens is 2. The molecule has 1 atom stereocenters. The predicted molar refractivity (Wildman–Crippen MR) is 77.0 cm³/mol. The van der Waals surface area contributed by atoms with Crippen molar-refractivity contribution in [3.05, 3.63) is 47.3 Å². The second kappa shape index (κ2) is 5.35. The molecule has 3 nitrogen and oxygen atoms in total. The molecule has 0 spiro atoms. The quantitative estimate of drug-likeness (QED) is 0.930. The molecule has 1 aromatic heterocycles. The second-order valence-electron chi connectivity index (χ2n) is 5.67. The van der Waals surface area contributed by atoms with Crippen LogP contribution in [0.15, 0.2) is 30.5 Å². The summed E-state index contributed by atoms with van der Waals surface area (Å²) in [4.78, 5) is 8.81. The zero-order valence-corrected chi connectivity index (χ0v) is 12.1. The summed E-state index contributed by atoms with van der Waals surface area (Å²) in [5.41, 5.74) is 7.68. The lowest BCUT2D eigenvalue weighted by atomic mass is 10.1. The minimum Gasteiger partial charge on any atom is -0.324 e. The van der Waals surface area contributed by atoms with E-state index >= 15 is 0 Å². The summed E-state index contributed by atoms with van der Waals surface area (Å²) in [5.74, 6) is 0.845. The molecule has 0 saturated heterocycles. The van der Waals surface area contributed by atoms with Gasteiger partial charge in [0.1, 0.15) is 0 Å². The van der Waals surface area contributed by atoms with Crippen LogP contribution in [0.1, 0.15) is 48.5 Å². The molecule has 2 aromatic rings. The van der Waals surface area contributed by atoms with Crippen molar-refractivity contribution in [1.29, 1.82) is 0 Å². The number of nitrogens with two attached hydrogens (primary N) is 1. The molecule has 1 saturated carbocycles. The fourth-order valence-electron chi connectivity index (χ4n) is 2.39. The summed E-state index contributed by atoms with van der Waals surface area (Å²) < 4.78 is 37.8. The van der Waals surface area contributed by atoms with Crippen LogP contribution in [0, 0.1) is 0 Å². The van der Waals surface area contributed by atoms with Crippen LogP contribution in [0.25, 0.3) is 11.4 Å². The maximum absolute atomic E-state index is 12.6. The van der Waals surface area contributed by atoms with Crippen LogP contribution >= 0.6 is 0 Å². The monoisotopic (exact) mass is 307 g/mol. The van der Waals surface area contributed by atoms with Gasteiger partial charge in [-0.2, -0.15) is 13.2 Å². The minimum atomic E-state index is -4.34. The third-order valence-corrected chi connectivity index (χ3v) is 3.77. The number of nitrogens with zero attached hydrogens (tertiary/aromatic N) is 2. The molecule has 1 aliphatic rings. The first-order valence-electron chi connectivity index (χ1n) is 7.16. The van der Waals surface area contributed by atoms with Gasteiger partial charge in [-0.25, -0.2) is 9.97 Å². The molecule has 0 amide bonds. The third-order valence-electron chi connectivity index (χ3n) is 3.77. The van der Waals surface area contributed by atoms with Gasteiger partial charge < -0.3 is 5.73 Å². The predicted octanol–water partition coefficient (Wildman–Crippen LogP) is 4.06. The first-order valence-corrected chi connectivity index (χ1v) is 7.16. The SMILES string of the molecule is CC(N)c1cnc(-c2ccc(C(F)(F)F)cc2)nc1C1CC1. The van der Waals surface area contributed by atoms with Crippen molar-refractivity contribution < 1.29 is 13.2 Å². The normalized spacial score (nSPS) is 16.6. The smallest absolute Gasteiger partial charge is 0.324 e. The Kier molecular flexibility index (Phi) is 3.64. The first-order chi connectivity index (χ1) is 10.4. The highest BCUT2D eigenvalue weighted by atomic mass is 19.4. The lowest BCUT2D eigenvalue weighted by molar-refractivity contribution is -0.137. The molecular formula is C16H16F3N3. The number of hydrogen-bond donors (Lipinski definition) is 1. The standard InChI is InChI=1S/C16H16F3N3/c1-9(20)13-8-21-15(22-14(13)10-2-3-10)11-4-6-12(7-5-11)16(17,18)19/h4-10H,2-3,20H2,1H3. The zero-order valence-electron chi connectivity index (χ0n) is 12.1. The second-order valence-corrected chi connectivity index (χ2v) is 5.67. The van der Waals surface area contributed by atoms with Crippen LogP contribution in [0.5, 0.6) is 0 Å². The third kappa shape index (κ3) is 2.97. The van der Waals surface area contributed by atoms with Gasteiger partial charge in [-0.05, 0) is 31.9 Å². The molecule has 1 fully saturated rings. The highest BCUT2D eigenvalue weighted by Crippen LogP contribution is 2.42. The Morgan fingerprint density at radius 2 is 1.82 bits per heavy atom. The van der Waals surface area contributed by atoms with Crippen molar-refractivity contribution in [2.75, 3.05) is 0 Å². The lowest BCUT2D eigenvalue weighted by Gasteiger charge is -2.13. The van der Waals surface area contributed by atoms with E-state index in [2.05, 4.69) is 9.97 Å². The molecule has 1 heterocycles. The Bertz CT molecular complexity index is 674. The molecule has 116 valence electrons. The summed E-state index contributed by atoms with van der Waals surface area (Å²) in [5, 5.41) is 0. The summed E-state index contributed by atoms with van der Waals surface area (Å²) in [6, 6.07) is 4.75. The Balaban J connectivity index is 1.96. The summed E-state index contributed by atoms with van der Waals surface area (Å²) >= 11 is 0. The molecule has 3 rings (SSSR count). The number of benzene rings is 1. The van der Waals surface area contributed by atoms with E-state index in [1.165, 1.54) is 12.1 Å². The van der Waals surface area contributed by atoms with Crippen molar-refractivity contribution in [2.45, 2.75) is 37.9 Å². The average molecular weight is 307 g/mol. The molecule has 1 aromatic carbocycles. The van der Waals surface area contributed by atoms with Crippen molar-refractivity contribution in [1.82, 2.24) is 9.97 Å². The Labute approximate surface area is 126 Å². The largest absolute Gasteiger partial charge is 0.416 e. The molecule has 1 unspecified atom stereocenters. The zero-order chi connectivity index (χ0) is 15.9. The molecule has 6 heteroatoms. The molecule has 0 aliphatic heterocycles. The molecule has 22 heavy (non-hydrogen) atoms. The van der Waals surface area contributed by atoms with E-state index in [0.29, 0.717) is 17.3 Å². The molecule has 0 radical (unpaired) electrons. The summed E-state index contributed by atoms with van der Waals surface area (Å²) in [6.07, 6.45) is -0.498. The molecule has 1 aliphatic carbocycles. The lowest BCUT2D eigenvalue weighted by Crippen LogP contribution is -2.11. The Morgan fingerprint density at radius 3 is 2.32 bits per heavy atom. The van der Waals surface area contributed by atoms with Crippen molar-refractivity contribution in [3.63, 3.8) is 0 Å². The van der Waals surface area contributed by atoms with Crippen LogP contribution in [-0.4, -0.2) is 9.97 Å². The molecule has 0 bridgehead atoms. The van der Waals surface area contributed by atoms with Crippen LogP contribution < -0.4 is 5.73 Å². The van der Waals surface area contributed by atoms with E-state index in [-0.39, 0.29) is 6.04 Å². The van der Waals surface area contributed by atoms with Crippen molar-refractivity contribution in [2.24, 2.45) is 5.73 Å². The van der Waals surface area contributed by atoms with Gasteiger partial charge >= 0.3 is 6.18 Å². The van der Waals surface area contributed by atoms with E-state index in [1.54, 1.807) is 6.20 Å². The number of halogens is 3.